The molecule has 0 saturated heterocycles. The number of carbonyl (C=O) groups excluding carboxylic acids is 2. The number of allylic oxidation sites excluding steroid dienone is 1. The van der Waals surface area contributed by atoms with Crippen LogP contribution in [0.25, 0.3) is 0 Å². The van der Waals surface area contributed by atoms with E-state index in [1.807, 2.05) is 24.3 Å². The Morgan fingerprint density at radius 3 is 2.55 bits per heavy atom. The number of nitrogens with one attached hydrogen (secondary N) is 2. The molecular formula is C14H15BrN2O3. The molecule has 1 heterocycles. The number of ether oxygens (including phenoxy) is 1. The predicted molar refractivity (Wildman–Crippen MR) is 77.7 cm³/mol. The molecule has 0 radical (unpaired) electrons. The fourth-order valence-electron chi connectivity index (χ4n) is 2.20. The van der Waals surface area contributed by atoms with E-state index in [9.17, 15) is 9.59 Å². The zero-order valence-corrected chi connectivity index (χ0v) is 12.7. The highest BCUT2D eigenvalue weighted by molar-refractivity contribution is 9.10. The molecule has 2 atom stereocenters. The normalized spacial score (nSPS) is 22.1. The van der Waals surface area contributed by atoms with Crippen molar-refractivity contribution in [2.45, 2.75) is 19.1 Å². The molecule has 1 aromatic carbocycles. The van der Waals surface area contributed by atoms with Crippen LogP contribution in [0.1, 0.15) is 18.5 Å². The molecule has 106 valence electrons. The summed E-state index contributed by atoms with van der Waals surface area (Å²) in [6.45, 7) is 1.76. The number of hydrogen-bond acceptors (Lipinski definition) is 5. The third-order valence-electron chi connectivity index (χ3n) is 3.16. The summed E-state index contributed by atoms with van der Waals surface area (Å²) in [6.07, 6.45) is 0.237. The van der Waals surface area contributed by atoms with Crippen LogP contribution < -0.4 is 10.6 Å². The molecule has 0 aromatic heterocycles. The Kier molecular flexibility index (Phi) is 4.57. The minimum Gasteiger partial charge on any atom is -0.466 e. The first-order valence-electron chi connectivity index (χ1n) is 6.09. The summed E-state index contributed by atoms with van der Waals surface area (Å²) in [4.78, 5) is 23.0. The number of hydrogen-bond donors (Lipinski definition) is 2. The van der Waals surface area contributed by atoms with Gasteiger partial charge in [-0.1, -0.05) is 28.1 Å². The van der Waals surface area contributed by atoms with Gasteiger partial charge in [0.15, 0.2) is 6.29 Å². The summed E-state index contributed by atoms with van der Waals surface area (Å²) in [6, 6.07) is 7.18. The third-order valence-corrected chi connectivity index (χ3v) is 3.68. The van der Waals surface area contributed by atoms with Gasteiger partial charge in [0.05, 0.1) is 18.7 Å². The summed E-state index contributed by atoms with van der Waals surface area (Å²) < 4.78 is 5.78. The Labute approximate surface area is 125 Å². The fourth-order valence-corrected chi connectivity index (χ4v) is 2.47. The molecule has 1 aromatic rings. The first-order chi connectivity index (χ1) is 9.56. The Morgan fingerprint density at radius 1 is 1.35 bits per heavy atom. The number of rotatable bonds is 3. The minimum absolute atomic E-state index is 0.382. The molecule has 5 nitrogen and oxygen atoms in total. The Morgan fingerprint density at radius 2 is 2.00 bits per heavy atom. The summed E-state index contributed by atoms with van der Waals surface area (Å²) in [5.41, 5.74) is 2.01. The summed E-state index contributed by atoms with van der Waals surface area (Å²) in [5.74, 6) is -0.417. The first kappa shape index (κ1) is 14.7. The average molecular weight is 339 g/mol. The van der Waals surface area contributed by atoms with Crippen LogP contribution in [0.2, 0.25) is 0 Å². The van der Waals surface area contributed by atoms with Crippen LogP contribution in [0.5, 0.6) is 0 Å². The Balaban J connectivity index is 2.45. The Hall–Kier alpha value is -1.66. The van der Waals surface area contributed by atoms with Crippen molar-refractivity contribution in [1.82, 2.24) is 10.6 Å². The van der Waals surface area contributed by atoms with Crippen LogP contribution in [0.3, 0.4) is 0 Å². The largest absolute Gasteiger partial charge is 0.466 e. The lowest BCUT2D eigenvalue weighted by Crippen LogP contribution is -2.50. The standard InChI is InChI=1S/C14H15BrN2O3/c1-8-12(14(19)20-2)13(17-11(7-18)16-8)9-3-5-10(15)6-4-9/h3-7,11,13,16-17H,1-2H3. The number of aldehydes is 1. The molecule has 0 aliphatic carbocycles. The topological polar surface area (TPSA) is 67.4 Å². The third kappa shape index (κ3) is 2.91. The molecule has 1 aliphatic heterocycles. The lowest BCUT2D eigenvalue weighted by atomic mass is 9.95. The van der Waals surface area contributed by atoms with Gasteiger partial charge in [0.1, 0.15) is 6.17 Å². The van der Waals surface area contributed by atoms with Crippen molar-refractivity contribution in [2.24, 2.45) is 0 Å². The van der Waals surface area contributed by atoms with Crippen LogP contribution in [-0.4, -0.2) is 25.5 Å². The summed E-state index contributed by atoms with van der Waals surface area (Å²) in [5, 5.41) is 6.01. The molecule has 0 amide bonds. The quantitative estimate of drug-likeness (QED) is 0.648. The van der Waals surface area contributed by atoms with Gasteiger partial charge in [0.25, 0.3) is 0 Å². The Bertz CT molecular complexity index is 554. The maximum absolute atomic E-state index is 12.0. The maximum atomic E-state index is 12.0. The van der Waals surface area contributed by atoms with Crippen LogP contribution in [0.15, 0.2) is 40.0 Å². The van der Waals surface area contributed by atoms with Crippen LogP contribution in [0.4, 0.5) is 0 Å². The molecule has 0 fully saturated rings. The van der Waals surface area contributed by atoms with Gasteiger partial charge in [-0.15, -0.1) is 0 Å². The maximum Gasteiger partial charge on any atom is 0.337 e. The second kappa shape index (κ2) is 6.19. The van der Waals surface area contributed by atoms with Crippen molar-refractivity contribution in [3.8, 4) is 0 Å². The highest BCUT2D eigenvalue weighted by atomic mass is 79.9. The lowest BCUT2D eigenvalue weighted by Gasteiger charge is -2.32. The van der Waals surface area contributed by atoms with Crippen LogP contribution >= 0.6 is 15.9 Å². The van der Waals surface area contributed by atoms with Crippen LogP contribution in [0, 0.1) is 0 Å². The molecule has 6 heteroatoms. The molecule has 0 spiro atoms. The molecule has 1 aliphatic rings. The van der Waals surface area contributed by atoms with Crippen molar-refractivity contribution < 1.29 is 14.3 Å². The monoisotopic (exact) mass is 338 g/mol. The molecule has 20 heavy (non-hydrogen) atoms. The highest BCUT2D eigenvalue weighted by Gasteiger charge is 2.32. The van der Waals surface area contributed by atoms with Gasteiger partial charge >= 0.3 is 5.97 Å². The number of halogens is 1. The van der Waals surface area contributed by atoms with E-state index in [1.165, 1.54) is 7.11 Å². The number of benzene rings is 1. The summed E-state index contributed by atoms with van der Waals surface area (Å²) >= 11 is 3.37. The van der Waals surface area contributed by atoms with Gasteiger partial charge in [-0.3, -0.25) is 10.1 Å². The zero-order chi connectivity index (χ0) is 14.7. The van der Waals surface area contributed by atoms with E-state index in [0.717, 1.165) is 16.3 Å². The minimum atomic E-state index is -0.531. The fraction of sp³-hybridized carbons (Fsp3) is 0.286. The van der Waals surface area contributed by atoms with Crippen molar-refractivity contribution in [3.63, 3.8) is 0 Å². The van der Waals surface area contributed by atoms with Crippen molar-refractivity contribution in [1.29, 1.82) is 0 Å². The predicted octanol–water partition coefficient (Wildman–Crippen LogP) is 1.65. The molecule has 2 unspecified atom stereocenters. The molecule has 0 saturated carbocycles. The number of carbonyl (C=O) groups is 2. The lowest BCUT2D eigenvalue weighted by molar-refractivity contribution is -0.137. The molecule has 2 rings (SSSR count). The highest BCUT2D eigenvalue weighted by Crippen LogP contribution is 2.28. The number of esters is 1. The zero-order valence-electron chi connectivity index (χ0n) is 11.1. The average Bonchev–Trinajstić information content (AvgIpc) is 2.46. The van der Waals surface area contributed by atoms with E-state index in [0.29, 0.717) is 11.3 Å². The van der Waals surface area contributed by atoms with Gasteiger partial charge < -0.3 is 10.1 Å². The van der Waals surface area contributed by atoms with Crippen LogP contribution in [-0.2, 0) is 14.3 Å². The van der Waals surface area contributed by atoms with Gasteiger partial charge in [-0.25, -0.2) is 4.79 Å². The van der Waals surface area contributed by atoms with E-state index >= 15 is 0 Å². The van der Waals surface area contributed by atoms with Gasteiger partial charge in [0, 0.05) is 10.2 Å². The van der Waals surface area contributed by atoms with Crippen molar-refractivity contribution in [3.05, 3.63) is 45.6 Å². The van der Waals surface area contributed by atoms with Crippen molar-refractivity contribution >= 4 is 28.2 Å². The second-order valence-corrected chi connectivity index (χ2v) is 5.36. The van der Waals surface area contributed by atoms with Crippen molar-refractivity contribution in [2.75, 3.05) is 7.11 Å². The SMILES string of the molecule is COC(=O)C1=C(C)NC(C=O)NC1c1ccc(Br)cc1. The van der Waals surface area contributed by atoms with Gasteiger partial charge in [0.2, 0.25) is 0 Å². The smallest absolute Gasteiger partial charge is 0.337 e. The summed E-state index contributed by atoms with van der Waals surface area (Å²) in [7, 11) is 1.34. The number of methoxy groups -OCH3 is 1. The molecule has 0 bridgehead atoms. The van der Waals surface area contributed by atoms with Gasteiger partial charge in [-0.05, 0) is 24.6 Å². The van der Waals surface area contributed by atoms with E-state index in [1.54, 1.807) is 6.92 Å². The molecular weight excluding hydrogens is 324 g/mol. The van der Waals surface area contributed by atoms with E-state index in [4.69, 9.17) is 4.74 Å². The van der Waals surface area contributed by atoms with Gasteiger partial charge in [-0.2, -0.15) is 0 Å². The first-order valence-corrected chi connectivity index (χ1v) is 6.88. The molecule has 2 N–H and O–H groups in total. The second-order valence-electron chi connectivity index (χ2n) is 4.44. The van der Waals surface area contributed by atoms with E-state index in [2.05, 4.69) is 26.6 Å². The van der Waals surface area contributed by atoms with E-state index < -0.39 is 12.1 Å². The van der Waals surface area contributed by atoms with E-state index in [-0.39, 0.29) is 6.04 Å².